The molecule has 0 aliphatic rings. The molecule has 3 N–H and O–H groups in total. The largest absolute Gasteiger partial charge is 0.491 e. The van der Waals surface area contributed by atoms with Crippen molar-refractivity contribution >= 4 is 18.0 Å². The van der Waals surface area contributed by atoms with Crippen LogP contribution in [0.3, 0.4) is 0 Å². The molecule has 0 radical (unpaired) electrons. The van der Waals surface area contributed by atoms with Gasteiger partial charge in [0.1, 0.15) is 19.0 Å². The third-order valence-corrected chi connectivity index (χ3v) is 4.90. The SMILES string of the molecule is CC.CCC(C)/C=C/CNC(=O)COCCOCCOc1cccc(NC=O)c1.CCCOCCOCCNC. The summed E-state index contributed by atoms with van der Waals surface area (Å²) >= 11 is 0. The summed E-state index contributed by atoms with van der Waals surface area (Å²) in [5.74, 6) is 1.04. The predicted molar refractivity (Wildman–Crippen MR) is 162 cm³/mol. The van der Waals surface area contributed by atoms with E-state index >= 15 is 0 Å². The van der Waals surface area contributed by atoms with Crippen molar-refractivity contribution in [3.8, 4) is 5.75 Å². The number of amides is 2. The molecule has 40 heavy (non-hydrogen) atoms. The quantitative estimate of drug-likeness (QED) is 0.103. The maximum atomic E-state index is 11.6. The second-order valence-electron chi connectivity index (χ2n) is 8.25. The normalized spacial score (nSPS) is 11.1. The van der Waals surface area contributed by atoms with Gasteiger partial charge in [-0.15, -0.1) is 0 Å². The lowest BCUT2D eigenvalue weighted by atomic mass is 10.1. The molecule has 0 bridgehead atoms. The number of benzene rings is 1. The Balaban J connectivity index is 0. The average Bonchev–Trinajstić information content (AvgIpc) is 2.98. The van der Waals surface area contributed by atoms with Crippen LogP contribution in [0.2, 0.25) is 0 Å². The number of nitrogens with one attached hydrogen (secondary N) is 3. The van der Waals surface area contributed by atoms with E-state index in [1.165, 1.54) is 0 Å². The highest BCUT2D eigenvalue weighted by Crippen LogP contribution is 2.16. The molecule has 0 heterocycles. The van der Waals surface area contributed by atoms with Crippen molar-refractivity contribution in [2.45, 2.75) is 47.5 Å². The lowest BCUT2D eigenvalue weighted by Gasteiger charge is -2.09. The summed E-state index contributed by atoms with van der Waals surface area (Å²) in [4.78, 5) is 22.0. The van der Waals surface area contributed by atoms with Gasteiger partial charge in [-0.3, -0.25) is 9.59 Å². The maximum Gasteiger partial charge on any atom is 0.246 e. The molecule has 10 heteroatoms. The van der Waals surface area contributed by atoms with Gasteiger partial charge in [0, 0.05) is 31.5 Å². The molecule has 232 valence electrons. The van der Waals surface area contributed by atoms with E-state index in [1.54, 1.807) is 24.3 Å². The monoisotopic (exact) mass is 569 g/mol. The molecule has 0 fully saturated rings. The van der Waals surface area contributed by atoms with Crippen LogP contribution in [0, 0.1) is 5.92 Å². The van der Waals surface area contributed by atoms with Gasteiger partial charge in [0.25, 0.3) is 0 Å². The van der Waals surface area contributed by atoms with E-state index in [-0.39, 0.29) is 12.5 Å². The highest BCUT2D eigenvalue weighted by atomic mass is 16.5. The third kappa shape index (κ3) is 28.5. The topological polar surface area (TPSA) is 116 Å². The second-order valence-corrected chi connectivity index (χ2v) is 8.25. The molecule has 0 saturated heterocycles. The molecular weight excluding hydrogens is 514 g/mol. The summed E-state index contributed by atoms with van der Waals surface area (Å²) in [7, 11) is 1.91. The van der Waals surface area contributed by atoms with E-state index in [2.05, 4.69) is 42.8 Å². The molecule has 1 atom stereocenters. The van der Waals surface area contributed by atoms with E-state index in [0.717, 1.165) is 39.2 Å². The third-order valence-electron chi connectivity index (χ3n) is 4.90. The molecule has 0 spiro atoms. The summed E-state index contributed by atoms with van der Waals surface area (Å²) in [5.41, 5.74) is 0.672. The van der Waals surface area contributed by atoms with Crippen molar-refractivity contribution in [3.63, 3.8) is 0 Å². The first-order chi connectivity index (χ1) is 19.6. The van der Waals surface area contributed by atoms with Crippen LogP contribution in [0.1, 0.15) is 47.5 Å². The Morgan fingerprint density at radius 1 is 0.925 bits per heavy atom. The lowest BCUT2D eigenvalue weighted by Crippen LogP contribution is -2.28. The predicted octanol–water partition coefficient (Wildman–Crippen LogP) is 4.06. The first-order valence-corrected chi connectivity index (χ1v) is 14.4. The number of hydrogen-bond donors (Lipinski definition) is 3. The molecule has 1 aromatic rings. The maximum absolute atomic E-state index is 11.6. The zero-order valence-corrected chi connectivity index (χ0v) is 25.7. The number of likely N-dealkylation sites (N-methyl/N-ethyl adjacent to an activating group) is 1. The summed E-state index contributed by atoms with van der Waals surface area (Å²) in [5, 5.41) is 8.33. The van der Waals surface area contributed by atoms with Gasteiger partial charge in [0.05, 0.1) is 39.6 Å². The fraction of sp³-hybridized carbons (Fsp3) is 0.667. The van der Waals surface area contributed by atoms with Gasteiger partial charge >= 0.3 is 0 Å². The Kier molecular flexibility index (Phi) is 32.4. The summed E-state index contributed by atoms with van der Waals surface area (Å²) in [6.45, 7) is 16.4. The zero-order valence-electron chi connectivity index (χ0n) is 25.7. The molecule has 1 aromatic carbocycles. The van der Waals surface area contributed by atoms with E-state index < -0.39 is 0 Å². The van der Waals surface area contributed by atoms with Crippen LogP contribution in [-0.2, 0) is 28.5 Å². The molecule has 2 amide bonds. The first kappa shape index (κ1) is 39.6. The number of allylic oxidation sites excluding steroid dienone is 1. The van der Waals surface area contributed by atoms with Crippen molar-refractivity contribution in [2.24, 2.45) is 5.92 Å². The Hall–Kier alpha value is -2.50. The van der Waals surface area contributed by atoms with Gasteiger partial charge in [0.2, 0.25) is 12.3 Å². The summed E-state index contributed by atoms with van der Waals surface area (Å²) < 4.78 is 26.6. The molecule has 10 nitrogen and oxygen atoms in total. The minimum absolute atomic E-state index is 0.0214. The van der Waals surface area contributed by atoms with Gasteiger partial charge in [-0.05, 0) is 31.5 Å². The van der Waals surface area contributed by atoms with Crippen molar-refractivity contribution in [2.75, 3.05) is 84.9 Å². The van der Waals surface area contributed by atoms with E-state index in [1.807, 2.05) is 27.0 Å². The standard InChI is InChI=1S/C20H30N2O5.C8H19NO2.C2H6/c1-3-17(2)6-5-9-21-20(24)15-26-11-10-25-12-13-27-19-8-4-7-18(14-19)22-16-23;1-3-5-10-7-8-11-6-4-9-2;1-2/h4-8,14,16-17H,3,9-13,15H2,1-2H3,(H,21,24)(H,22,23);9H,3-8H2,1-2H3;1-2H3/b6-5+;;. The fourth-order valence-electron chi connectivity index (χ4n) is 2.65. The van der Waals surface area contributed by atoms with Crippen LogP contribution in [0.5, 0.6) is 5.75 Å². The lowest BCUT2D eigenvalue weighted by molar-refractivity contribution is -0.126. The molecular formula is C30H55N3O7. The number of carbonyl (C=O) groups is 2. The minimum atomic E-state index is -0.143. The highest BCUT2D eigenvalue weighted by molar-refractivity contribution is 5.77. The zero-order chi connectivity index (χ0) is 30.1. The average molecular weight is 570 g/mol. The number of carbonyl (C=O) groups excluding carboxylic acids is 2. The highest BCUT2D eigenvalue weighted by Gasteiger charge is 2.00. The number of ether oxygens (including phenoxy) is 5. The Morgan fingerprint density at radius 3 is 2.23 bits per heavy atom. The smallest absolute Gasteiger partial charge is 0.246 e. The number of hydrogen-bond acceptors (Lipinski definition) is 8. The van der Waals surface area contributed by atoms with Crippen LogP contribution in [0.25, 0.3) is 0 Å². The fourth-order valence-corrected chi connectivity index (χ4v) is 2.65. The van der Waals surface area contributed by atoms with E-state index in [4.69, 9.17) is 23.7 Å². The molecule has 0 aliphatic heterocycles. The van der Waals surface area contributed by atoms with Gasteiger partial charge in [-0.2, -0.15) is 0 Å². The van der Waals surface area contributed by atoms with Gasteiger partial charge < -0.3 is 39.6 Å². The van der Waals surface area contributed by atoms with Crippen LogP contribution < -0.4 is 20.7 Å². The van der Waals surface area contributed by atoms with Crippen LogP contribution in [0.15, 0.2) is 36.4 Å². The van der Waals surface area contributed by atoms with Crippen molar-refractivity contribution in [3.05, 3.63) is 36.4 Å². The van der Waals surface area contributed by atoms with E-state index in [9.17, 15) is 9.59 Å². The summed E-state index contributed by atoms with van der Waals surface area (Å²) in [6, 6.07) is 7.10. The summed E-state index contributed by atoms with van der Waals surface area (Å²) in [6.07, 6.45) is 6.83. The Labute approximate surface area is 242 Å². The van der Waals surface area contributed by atoms with Crippen molar-refractivity contribution in [1.29, 1.82) is 0 Å². The van der Waals surface area contributed by atoms with E-state index in [0.29, 0.717) is 63.3 Å². The first-order valence-electron chi connectivity index (χ1n) is 14.4. The number of anilines is 1. The molecule has 1 unspecified atom stereocenters. The Morgan fingerprint density at radius 2 is 1.57 bits per heavy atom. The van der Waals surface area contributed by atoms with Crippen LogP contribution >= 0.6 is 0 Å². The minimum Gasteiger partial charge on any atom is -0.491 e. The van der Waals surface area contributed by atoms with Crippen LogP contribution in [-0.4, -0.2) is 91.9 Å². The molecule has 0 saturated carbocycles. The molecule has 0 aromatic heterocycles. The van der Waals surface area contributed by atoms with Crippen molar-refractivity contribution < 1.29 is 33.3 Å². The molecule has 1 rings (SSSR count). The van der Waals surface area contributed by atoms with Crippen molar-refractivity contribution in [1.82, 2.24) is 10.6 Å². The van der Waals surface area contributed by atoms with Crippen LogP contribution in [0.4, 0.5) is 5.69 Å². The number of rotatable bonds is 23. The van der Waals surface area contributed by atoms with Gasteiger partial charge in [-0.25, -0.2) is 0 Å². The van der Waals surface area contributed by atoms with Gasteiger partial charge in [-0.1, -0.05) is 59.3 Å². The Bertz CT molecular complexity index is 712. The molecule has 0 aliphatic carbocycles. The van der Waals surface area contributed by atoms with Gasteiger partial charge in [0.15, 0.2) is 0 Å². The second kappa shape index (κ2) is 32.7.